The van der Waals surface area contributed by atoms with Crippen LogP contribution in [0.4, 0.5) is 5.69 Å². The number of imidazole rings is 1. The first-order chi connectivity index (χ1) is 16.7. The Bertz CT molecular complexity index is 1190. The molecular formula is C27H30ClN5S. The smallest absolute Gasteiger partial charge is 0.166 e. The lowest BCUT2D eigenvalue weighted by molar-refractivity contribution is 0.217. The van der Waals surface area contributed by atoms with Crippen LogP contribution in [0.1, 0.15) is 30.0 Å². The van der Waals surface area contributed by atoms with Crippen molar-refractivity contribution in [2.75, 3.05) is 38.1 Å². The predicted octanol–water partition coefficient (Wildman–Crippen LogP) is 6.22. The summed E-state index contributed by atoms with van der Waals surface area (Å²) in [5.74, 6) is 1.37. The molecule has 1 N–H and O–H groups in total. The highest BCUT2D eigenvalue weighted by Crippen LogP contribution is 2.32. The van der Waals surface area contributed by atoms with Gasteiger partial charge >= 0.3 is 0 Å². The number of halogens is 1. The van der Waals surface area contributed by atoms with E-state index in [0.29, 0.717) is 11.7 Å². The van der Waals surface area contributed by atoms with E-state index in [1.807, 2.05) is 36.5 Å². The summed E-state index contributed by atoms with van der Waals surface area (Å²) in [6.07, 6.45) is 4.32. The number of likely N-dealkylation sites (tertiary alicyclic amines) is 1. The Labute approximate surface area is 210 Å². The molecule has 2 aromatic heterocycles. The summed E-state index contributed by atoms with van der Waals surface area (Å²) in [6, 6.07) is 21.0. The molecule has 0 amide bonds. The standard InChI is InChI=1S/C27H30ClN5S/c1-32(17-18-33-15-12-21(13-16-33)20-7-3-2-4-8-20)25-11-14-29-24(26(25)28)19-34-27-30-22-9-5-6-10-23(22)31-27/h2-11,14,21H,12-13,15-19H2,1H3,(H,30,31). The number of nitrogens with zero attached hydrogens (tertiary/aromatic N) is 4. The number of hydrogen-bond donors (Lipinski definition) is 1. The molecule has 2 aromatic carbocycles. The predicted molar refractivity (Wildman–Crippen MR) is 143 cm³/mol. The van der Waals surface area contributed by atoms with Crippen molar-refractivity contribution in [3.8, 4) is 0 Å². The molecule has 0 bridgehead atoms. The van der Waals surface area contributed by atoms with Crippen LogP contribution < -0.4 is 4.90 Å². The third-order valence-electron chi connectivity index (χ3n) is 6.68. The molecule has 5 rings (SSSR count). The largest absolute Gasteiger partial charge is 0.372 e. The summed E-state index contributed by atoms with van der Waals surface area (Å²) >= 11 is 8.42. The second-order valence-corrected chi connectivity index (χ2v) is 10.2. The Hall–Kier alpha value is -2.54. The average molecular weight is 492 g/mol. The lowest BCUT2D eigenvalue weighted by Gasteiger charge is -2.33. The molecule has 0 radical (unpaired) electrons. The summed E-state index contributed by atoms with van der Waals surface area (Å²) in [5, 5.41) is 1.62. The topological polar surface area (TPSA) is 48.1 Å². The van der Waals surface area contributed by atoms with Gasteiger partial charge in [0.25, 0.3) is 0 Å². The van der Waals surface area contributed by atoms with E-state index in [9.17, 15) is 0 Å². The number of thioether (sulfide) groups is 1. The molecule has 1 aliphatic rings. The molecule has 4 aromatic rings. The minimum Gasteiger partial charge on any atom is -0.372 e. The molecule has 0 saturated carbocycles. The third-order valence-corrected chi connectivity index (χ3v) is 7.97. The van der Waals surface area contributed by atoms with E-state index in [2.05, 4.69) is 62.1 Å². The van der Waals surface area contributed by atoms with E-state index < -0.39 is 0 Å². The number of pyridine rings is 1. The van der Waals surface area contributed by atoms with Gasteiger partial charge in [-0.2, -0.15) is 0 Å². The van der Waals surface area contributed by atoms with Crippen molar-refractivity contribution in [3.63, 3.8) is 0 Å². The SMILES string of the molecule is CN(CCN1CCC(c2ccccc2)CC1)c1ccnc(CSc2nc3ccccc3[nH]2)c1Cl. The number of nitrogens with one attached hydrogen (secondary N) is 1. The van der Waals surface area contributed by atoms with Crippen LogP contribution in [-0.4, -0.2) is 53.1 Å². The van der Waals surface area contributed by atoms with Crippen molar-refractivity contribution >= 4 is 40.1 Å². The zero-order valence-electron chi connectivity index (χ0n) is 19.5. The number of anilines is 1. The number of H-pyrrole nitrogens is 1. The minimum absolute atomic E-state index is 0.674. The fourth-order valence-electron chi connectivity index (χ4n) is 4.63. The number of benzene rings is 2. The van der Waals surface area contributed by atoms with Crippen molar-refractivity contribution < 1.29 is 0 Å². The van der Waals surface area contributed by atoms with Gasteiger partial charge in [0, 0.05) is 32.1 Å². The lowest BCUT2D eigenvalue weighted by Crippen LogP contribution is -2.38. The highest BCUT2D eigenvalue weighted by atomic mass is 35.5. The zero-order chi connectivity index (χ0) is 23.3. The van der Waals surface area contributed by atoms with Crippen LogP contribution in [0, 0.1) is 0 Å². The molecule has 0 atom stereocenters. The molecule has 5 nitrogen and oxygen atoms in total. The first kappa shape index (κ1) is 23.2. The van der Waals surface area contributed by atoms with Crippen LogP contribution >= 0.6 is 23.4 Å². The summed E-state index contributed by atoms with van der Waals surface area (Å²) in [6.45, 7) is 4.28. The number of piperidine rings is 1. The number of hydrogen-bond acceptors (Lipinski definition) is 5. The summed E-state index contributed by atoms with van der Waals surface area (Å²) in [4.78, 5) is 17.4. The first-order valence-electron chi connectivity index (χ1n) is 11.9. The summed E-state index contributed by atoms with van der Waals surface area (Å²) in [5.41, 5.74) is 5.43. The Morgan fingerprint density at radius 1 is 1.06 bits per heavy atom. The van der Waals surface area contributed by atoms with Crippen molar-refractivity contribution in [1.29, 1.82) is 0 Å². The highest BCUT2D eigenvalue weighted by Gasteiger charge is 2.21. The number of rotatable bonds is 8. The maximum atomic E-state index is 6.80. The van der Waals surface area contributed by atoms with Gasteiger partial charge in [0.2, 0.25) is 0 Å². The van der Waals surface area contributed by atoms with Crippen molar-refractivity contribution in [2.45, 2.75) is 29.7 Å². The Kier molecular flexibility index (Phi) is 7.38. The fourth-order valence-corrected chi connectivity index (χ4v) is 5.87. The second kappa shape index (κ2) is 10.8. The number of fused-ring (bicyclic) bond motifs is 1. The first-order valence-corrected chi connectivity index (χ1v) is 13.2. The third kappa shape index (κ3) is 5.40. The molecule has 3 heterocycles. The number of likely N-dealkylation sites (N-methyl/N-ethyl adjacent to an activating group) is 1. The van der Waals surface area contributed by atoms with Crippen molar-refractivity contribution in [2.24, 2.45) is 0 Å². The van der Waals surface area contributed by atoms with Crippen LogP contribution in [0.2, 0.25) is 5.02 Å². The van der Waals surface area contributed by atoms with Gasteiger partial charge in [-0.15, -0.1) is 0 Å². The maximum Gasteiger partial charge on any atom is 0.166 e. The minimum atomic E-state index is 0.674. The molecule has 34 heavy (non-hydrogen) atoms. The van der Waals surface area contributed by atoms with Gasteiger partial charge < -0.3 is 14.8 Å². The summed E-state index contributed by atoms with van der Waals surface area (Å²) in [7, 11) is 2.12. The quantitative estimate of drug-likeness (QED) is 0.296. The average Bonchev–Trinajstić information content (AvgIpc) is 3.30. The highest BCUT2D eigenvalue weighted by molar-refractivity contribution is 7.98. The molecule has 7 heteroatoms. The lowest BCUT2D eigenvalue weighted by atomic mass is 9.89. The van der Waals surface area contributed by atoms with Gasteiger partial charge in [-0.1, -0.05) is 65.8 Å². The monoisotopic (exact) mass is 491 g/mol. The van der Waals surface area contributed by atoms with Crippen LogP contribution in [-0.2, 0) is 5.75 Å². The van der Waals surface area contributed by atoms with Gasteiger partial charge in [-0.05, 0) is 55.6 Å². The normalized spacial score (nSPS) is 15.1. The number of aromatic nitrogens is 3. The van der Waals surface area contributed by atoms with E-state index in [1.54, 1.807) is 11.8 Å². The molecule has 1 fully saturated rings. The van der Waals surface area contributed by atoms with E-state index in [4.69, 9.17) is 11.6 Å². The molecule has 0 aliphatic carbocycles. The number of para-hydroxylation sites is 2. The van der Waals surface area contributed by atoms with Gasteiger partial charge in [-0.3, -0.25) is 4.98 Å². The maximum absolute atomic E-state index is 6.80. The Balaban J connectivity index is 1.14. The van der Waals surface area contributed by atoms with Crippen molar-refractivity contribution in [3.05, 3.63) is 83.1 Å². The fraction of sp³-hybridized carbons (Fsp3) is 0.333. The van der Waals surface area contributed by atoms with E-state index in [-0.39, 0.29) is 0 Å². The van der Waals surface area contributed by atoms with Gasteiger partial charge in [-0.25, -0.2) is 4.98 Å². The molecule has 176 valence electrons. The van der Waals surface area contributed by atoms with E-state index in [0.717, 1.165) is 58.8 Å². The second-order valence-electron chi connectivity index (χ2n) is 8.89. The van der Waals surface area contributed by atoms with Gasteiger partial charge in [0.05, 0.1) is 27.4 Å². The van der Waals surface area contributed by atoms with Crippen LogP contribution in [0.3, 0.4) is 0 Å². The van der Waals surface area contributed by atoms with Crippen LogP contribution in [0.15, 0.2) is 72.0 Å². The Morgan fingerprint density at radius 2 is 1.82 bits per heavy atom. The molecule has 0 spiro atoms. The zero-order valence-corrected chi connectivity index (χ0v) is 21.0. The van der Waals surface area contributed by atoms with Gasteiger partial charge in [0.1, 0.15) is 0 Å². The molecular weight excluding hydrogens is 462 g/mol. The number of aromatic amines is 1. The molecule has 1 saturated heterocycles. The summed E-state index contributed by atoms with van der Waals surface area (Å²) < 4.78 is 0. The van der Waals surface area contributed by atoms with Crippen LogP contribution in [0.5, 0.6) is 0 Å². The van der Waals surface area contributed by atoms with E-state index >= 15 is 0 Å². The molecule has 0 unspecified atom stereocenters. The van der Waals surface area contributed by atoms with Crippen molar-refractivity contribution in [1.82, 2.24) is 19.9 Å². The molecule has 1 aliphatic heterocycles. The Morgan fingerprint density at radius 3 is 2.62 bits per heavy atom. The van der Waals surface area contributed by atoms with E-state index in [1.165, 1.54) is 18.4 Å². The van der Waals surface area contributed by atoms with Crippen LogP contribution in [0.25, 0.3) is 11.0 Å². The van der Waals surface area contributed by atoms with Gasteiger partial charge in [0.15, 0.2) is 5.16 Å².